The topological polar surface area (TPSA) is 207 Å². The van der Waals surface area contributed by atoms with Crippen molar-refractivity contribution < 1.29 is 34.1 Å². The molecule has 212 valence electrons. The Morgan fingerprint density at radius 3 is 2.67 bits per heavy atom. The summed E-state index contributed by atoms with van der Waals surface area (Å²) in [5, 5.41) is 24.9. The monoisotopic (exact) mass is 546 g/mol. The Morgan fingerprint density at radius 1 is 1.23 bits per heavy atom. The maximum atomic E-state index is 12.5. The molecule has 2 aromatic heterocycles. The minimum Gasteiger partial charge on any atom is -0.444 e. The molecule has 15 nitrogen and oxygen atoms in total. The van der Waals surface area contributed by atoms with Gasteiger partial charge in [-0.3, -0.25) is 14.2 Å². The number of aliphatic hydroxyl groups excluding tert-OH is 2. The van der Waals surface area contributed by atoms with Crippen molar-refractivity contribution in [1.82, 2.24) is 35.1 Å². The second-order valence-electron chi connectivity index (χ2n) is 10.3. The molecule has 1 aliphatic carbocycles. The van der Waals surface area contributed by atoms with E-state index in [1.165, 1.54) is 6.33 Å². The summed E-state index contributed by atoms with van der Waals surface area (Å²) in [5.74, 6) is 0.368. The summed E-state index contributed by atoms with van der Waals surface area (Å²) < 4.78 is 12.7. The number of nitrogens with two attached hydrogens (primary N) is 1. The van der Waals surface area contributed by atoms with Crippen LogP contribution in [-0.2, 0) is 32.2 Å². The van der Waals surface area contributed by atoms with E-state index >= 15 is 0 Å². The number of rotatable bonds is 10. The molecule has 39 heavy (non-hydrogen) atoms. The lowest BCUT2D eigenvalue weighted by molar-refractivity contribution is -0.147. The molecule has 3 amide bonds. The largest absolute Gasteiger partial charge is 0.444 e. The van der Waals surface area contributed by atoms with Gasteiger partial charge in [0.25, 0.3) is 5.91 Å². The number of amides is 3. The number of ether oxygens (including phenoxy) is 2. The van der Waals surface area contributed by atoms with Crippen LogP contribution in [0.1, 0.15) is 37.9 Å². The van der Waals surface area contributed by atoms with Gasteiger partial charge in [-0.15, -0.1) is 0 Å². The second-order valence-corrected chi connectivity index (χ2v) is 10.3. The van der Waals surface area contributed by atoms with Gasteiger partial charge in [0.15, 0.2) is 17.6 Å². The average Bonchev–Trinajstić information content (AvgIpc) is 3.49. The van der Waals surface area contributed by atoms with Crippen LogP contribution in [0, 0.1) is 5.92 Å². The molecule has 2 aliphatic heterocycles. The molecule has 5 rings (SSSR count). The molecule has 3 atom stereocenters. The Hall–Kier alpha value is -3.56. The number of nitrogen functional groups attached to an aromatic ring is 1. The summed E-state index contributed by atoms with van der Waals surface area (Å²) in [7, 11) is 0. The molecular weight excluding hydrogens is 512 g/mol. The van der Waals surface area contributed by atoms with Crippen molar-refractivity contribution in [2.75, 3.05) is 32.0 Å². The van der Waals surface area contributed by atoms with Gasteiger partial charge in [0, 0.05) is 25.6 Å². The van der Waals surface area contributed by atoms with E-state index in [0.29, 0.717) is 43.0 Å². The molecule has 2 aromatic rings. The number of likely N-dealkylation sites (tertiary alicyclic amines) is 1. The first-order valence-electron chi connectivity index (χ1n) is 13.2. The summed E-state index contributed by atoms with van der Waals surface area (Å²) in [5.41, 5.74) is 6.98. The van der Waals surface area contributed by atoms with Crippen LogP contribution in [0.25, 0.3) is 11.2 Å². The minimum atomic E-state index is -1.38. The number of aliphatic hydroxyl groups is 2. The highest BCUT2D eigenvalue weighted by Gasteiger charge is 2.33. The normalized spacial score (nSPS) is 21.5. The molecule has 0 bridgehead atoms. The first kappa shape index (κ1) is 27.0. The smallest absolute Gasteiger partial charge is 0.410 e. The highest BCUT2D eigenvalue weighted by atomic mass is 16.6. The van der Waals surface area contributed by atoms with E-state index in [9.17, 15) is 24.6 Å². The number of nitrogens with zero attached hydrogens (tertiary/aromatic N) is 5. The third kappa shape index (κ3) is 6.54. The first-order chi connectivity index (χ1) is 18.8. The third-order valence-electron chi connectivity index (χ3n) is 7.20. The average molecular weight is 547 g/mol. The van der Waals surface area contributed by atoms with E-state index in [-0.39, 0.29) is 36.8 Å². The molecule has 3 aliphatic rings. The van der Waals surface area contributed by atoms with Gasteiger partial charge in [-0.25, -0.2) is 19.7 Å². The fourth-order valence-corrected chi connectivity index (χ4v) is 4.78. The van der Waals surface area contributed by atoms with E-state index < -0.39 is 36.9 Å². The van der Waals surface area contributed by atoms with Gasteiger partial charge in [0.1, 0.15) is 30.3 Å². The molecular formula is C24H34N8O7. The summed E-state index contributed by atoms with van der Waals surface area (Å²) in [6.45, 7) is 0.632. The quantitative estimate of drug-likeness (QED) is 0.236. The number of piperidine rings is 1. The fourth-order valence-electron chi connectivity index (χ4n) is 4.78. The number of nitrogens with one attached hydrogen (secondary N) is 2. The van der Waals surface area contributed by atoms with Crippen molar-refractivity contribution in [2.45, 2.75) is 69.6 Å². The molecule has 3 fully saturated rings. The third-order valence-corrected chi connectivity index (χ3v) is 7.20. The molecule has 2 saturated heterocycles. The highest BCUT2D eigenvalue weighted by Crippen LogP contribution is 2.24. The van der Waals surface area contributed by atoms with Gasteiger partial charge in [-0.2, -0.15) is 0 Å². The van der Waals surface area contributed by atoms with E-state index in [0.717, 1.165) is 25.7 Å². The van der Waals surface area contributed by atoms with Crippen molar-refractivity contribution in [3.8, 4) is 0 Å². The van der Waals surface area contributed by atoms with Crippen molar-refractivity contribution in [3.05, 3.63) is 12.2 Å². The van der Waals surface area contributed by atoms with Crippen LogP contribution in [0.5, 0.6) is 0 Å². The predicted octanol–water partition coefficient (Wildman–Crippen LogP) is -1.34. The zero-order valence-corrected chi connectivity index (χ0v) is 21.5. The Balaban J connectivity index is 1.18. The predicted molar refractivity (Wildman–Crippen MR) is 135 cm³/mol. The molecule has 0 radical (unpaired) electrons. The van der Waals surface area contributed by atoms with Crippen LogP contribution < -0.4 is 16.4 Å². The molecule has 0 aromatic carbocycles. The lowest BCUT2D eigenvalue weighted by Gasteiger charge is -2.31. The summed E-state index contributed by atoms with van der Waals surface area (Å²) in [4.78, 5) is 51.2. The molecule has 0 spiro atoms. The molecule has 2 unspecified atom stereocenters. The number of hydrogen-bond donors (Lipinski definition) is 5. The number of fused-ring (bicyclic) bond motifs is 1. The number of aromatic nitrogens is 4. The first-order valence-corrected chi connectivity index (χ1v) is 13.2. The van der Waals surface area contributed by atoms with Gasteiger partial charge in [-0.1, -0.05) is 0 Å². The van der Waals surface area contributed by atoms with Gasteiger partial charge < -0.3 is 41.0 Å². The van der Waals surface area contributed by atoms with E-state index in [2.05, 4.69) is 25.6 Å². The number of imidazole rings is 1. The highest BCUT2D eigenvalue weighted by molar-refractivity contribution is 5.82. The van der Waals surface area contributed by atoms with Crippen LogP contribution >= 0.6 is 0 Å². The van der Waals surface area contributed by atoms with Crippen molar-refractivity contribution in [3.63, 3.8) is 0 Å². The van der Waals surface area contributed by atoms with Crippen molar-refractivity contribution >= 4 is 34.9 Å². The van der Waals surface area contributed by atoms with Crippen LogP contribution in [0.15, 0.2) is 6.33 Å². The fraction of sp³-hybridized carbons (Fsp3) is 0.667. The molecule has 1 saturated carbocycles. The standard InChI is InChI=1S/C24H34N8O7/c25-21-19-22(32(11-27-19)12-38-20(16(34)10-33)23(36)28-14-1-2-14)30-17(29-21)7-13-3-5-31(6-4-13)24(37)39-15-8-18(35)26-9-15/h11,13-16,20,33-34H,1-10,12H2,(H,26,35)(H,28,36)(H2,25,29,30)/t15?,16?,20-/m0/s1. The number of hydrogen-bond acceptors (Lipinski definition) is 11. The molecule has 6 N–H and O–H groups in total. The van der Waals surface area contributed by atoms with Crippen LogP contribution in [0.3, 0.4) is 0 Å². The number of carbonyl (C=O) groups excluding carboxylic acids is 3. The van der Waals surface area contributed by atoms with Gasteiger partial charge in [0.05, 0.1) is 25.9 Å². The van der Waals surface area contributed by atoms with E-state index in [1.807, 2.05) is 0 Å². The Labute approximate surface area is 224 Å². The van der Waals surface area contributed by atoms with Crippen LogP contribution in [0.4, 0.5) is 10.6 Å². The SMILES string of the molecule is Nc1nc(CC2CCN(C(=O)OC3CNC(=O)C3)CC2)nc2c1ncn2CO[C@H](C(=O)NC1CC1)C(O)CO. The summed E-state index contributed by atoms with van der Waals surface area (Å²) in [6.07, 6.45) is 1.97. The maximum absolute atomic E-state index is 12.5. The van der Waals surface area contributed by atoms with Crippen LogP contribution in [-0.4, -0.2) is 103 Å². The van der Waals surface area contributed by atoms with E-state index in [1.54, 1.807) is 9.47 Å². The lowest BCUT2D eigenvalue weighted by Crippen LogP contribution is -2.46. The lowest BCUT2D eigenvalue weighted by atomic mass is 9.93. The zero-order chi connectivity index (χ0) is 27.5. The Kier molecular flexibility index (Phi) is 8.09. The van der Waals surface area contributed by atoms with Crippen molar-refractivity contribution in [2.24, 2.45) is 5.92 Å². The molecule has 4 heterocycles. The summed E-state index contributed by atoms with van der Waals surface area (Å²) >= 11 is 0. The second kappa shape index (κ2) is 11.7. The Morgan fingerprint density at radius 2 is 2.00 bits per heavy atom. The summed E-state index contributed by atoms with van der Waals surface area (Å²) in [6, 6.07) is 0.0754. The minimum absolute atomic E-state index is 0.0754. The van der Waals surface area contributed by atoms with Gasteiger partial charge in [-0.05, 0) is 31.6 Å². The van der Waals surface area contributed by atoms with Crippen molar-refractivity contribution in [1.29, 1.82) is 0 Å². The van der Waals surface area contributed by atoms with Crippen LogP contribution in [0.2, 0.25) is 0 Å². The van der Waals surface area contributed by atoms with Gasteiger partial charge in [0.2, 0.25) is 5.91 Å². The zero-order valence-electron chi connectivity index (χ0n) is 21.5. The molecule has 15 heteroatoms. The number of anilines is 1. The van der Waals surface area contributed by atoms with Gasteiger partial charge >= 0.3 is 6.09 Å². The Bertz CT molecular complexity index is 1210. The van der Waals surface area contributed by atoms with E-state index in [4.69, 9.17) is 15.2 Å². The number of carbonyl (C=O) groups is 3. The maximum Gasteiger partial charge on any atom is 0.410 e.